The standard InChI is InChI=1S/C21H20O4/c1-5-19(22)25-20(16-8-6-15(4)7-9-16)17-10-12-18(13-11-17)24-21(23)14(2)3/h5-13,20H,1-2H2,3-4H3. The van der Waals surface area contributed by atoms with Crippen molar-refractivity contribution in [1.82, 2.24) is 0 Å². The van der Waals surface area contributed by atoms with Crippen LogP contribution in [-0.4, -0.2) is 11.9 Å². The summed E-state index contributed by atoms with van der Waals surface area (Å²) in [4.78, 5) is 23.3. The molecule has 128 valence electrons. The summed E-state index contributed by atoms with van der Waals surface area (Å²) >= 11 is 0. The van der Waals surface area contributed by atoms with E-state index in [2.05, 4.69) is 13.2 Å². The number of aryl methyl sites for hydroxylation is 1. The minimum absolute atomic E-state index is 0.321. The Morgan fingerprint density at radius 2 is 1.52 bits per heavy atom. The molecule has 1 unspecified atom stereocenters. The summed E-state index contributed by atoms with van der Waals surface area (Å²) in [5.74, 6) is -0.598. The second-order valence-electron chi connectivity index (χ2n) is 5.67. The molecule has 25 heavy (non-hydrogen) atoms. The molecular formula is C21H20O4. The molecule has 0 fully saturated rings. The molecule has 0 radical (unpaired) electrons. The lowest BCUT2D eigenvalue weighted by molar-refractivity contribution is -0.141. The highest BCUT2D eigenvalue weighted by molar-refractivity contribution is 5.88. The Morgan fingerprint density at radius 1 is 1.00 bits per heavy atom. The van der Waals surface area contributed by atoms with E-state index in [4.69, 9.17) is 9.47 Å². The Balaban J connectivity index is 2.29. The molecule has 4 nitrogen and oxygen atoms in total. The quantitative estimate of drug-likeness (QED) is 0.448. The van der Waals surface area contributed by atoms with E-state index in [9.17, 15) is 9.59 Å². The van der Waals surface area contributed by atoms with Crippen molar-refractivity contribution in [3.05, 3.63) is 90.0 Å². The van der Waals surface area contributed by atoms with Gasteiger partial charge >= 0.3 is 11.9 Å². The fourth-order valence-corrected chi connectivity index (χ4v) is 2.14. The highest BCUT2D eigenvalue weighted by Gasteiger charge is 2.18. The van der Waals surface area contributed by atoms with Gasteiger partial charge in [-0.15, -0.1) is 0 Å². The monoisotopic (exact) mass is 336 g/mol. The molecule has 4 heteroatoms. The maximum Gasteiger partial charge on any atom is 0.338 e. The predicted molar refractivity (Wildman–Crippen MR) is 96.2 cm³/mol. The van der Waals surface area contributed by atoms with Gasteiger partial charge in [0.15, 0.2) is 6.10 Å². The first-order chi connectivity index (χ1) is 11.9. The van der Waals surface area contributed by atoms with E-state index in [0.29, 0.717) is 11.3 Å². The first kappa shape index (κ1) is 18.2. The van der Waals surface area contributed by atoms with Crippen molar-refractivity contribution in [2.75, 3.05) is 0 Å². The van der Waals surface area contributed by atoms with Gasteiger partial charge in [-0.05, 0) is 37.1 Å². The zero-order chi connectivity index (χ0) is 18.4. The molecular weight excluding hydrogens is 316 g/mol. The van der Waals surface area contributed by atoms with Crippen molar-refractivity contribution in [3.63, 3.8) is 0 Å². The summed E-state index contributed by atoms with van der Waals surface area (Å²) in [6.45, 7) is 10.6. The molecule has 2 aromatic carbocycles. The van der Waals surface area contributed by atoms with Crippen molar-refractivity contribution in [2.24, 2.45) is 0 Å². The molecule has 0 aromatic heterocycles. The fourth-order valence-electron chi connectivity index (χ4n) is 2.14. The van der Waals surface area contributed by atoms with E-state index in [1.165, 1.54) is 0 Å². The van der Waals surface area contributed by atoms with Crippen molar-refractivity contribution in [1.29, 1.82) is 0 Å². The van der Waals surface area contributed by atoms with Crippen LogP contribution in [0.25, 0.3) is 0 Å². The molecule has 0 heterocycles. The topological polar surface area (TPSA) is 52.6 Å². The number of carbonyl (C=O) groups excluding carboxylic acids is 2. The van der Waals surface area contributed by atoms with E-state index in [1.807, 2.05) is 31.2 Å². The van der Waals surface area contributed by atoms with Gasteiger partial charge in [0.25, 0.3) is 0 Å². The summed E-state index contributed by atoms with van der Waals surface area (Å²) in [5, 5.41) is 0. The molecule has 0 amide bonds. The lowest BCUT2D eigenvalue weighted by atomic mass is 10.00. The van der Waals surface area contributed by atoms with Crippen LogP contribution in [0.1, 0.15) is 29.7 Å². The van der Waals surface area contributed by atoms with Crippen LogP contribution in [0.5, 0.6) is 5.75 Å². The number of hydrogen-bond donors (Lipinski definition) is 0. The van der Waals surface area contributed by atoms with Crippen LogP contribution in [0.4, 0.5) is 0 Å². The summed E-state index contributed by atoms with van der Waals surface area (Å²) in [6.07, 6.45) is 0.557. The van der Waals surface area contributed by atoms with Gasteiger partial charge in [0.2, 0.25) is 0 Å². The van der Waals surface area contributed by atoms with Crippen LogP contribution in [0, 0.1) is 6.92 Å². The number of ether oxygens (including phenoxy) is 2. The molecule has 0 saturated carbocycles. The van der Waals surface area contributed by atoms with Gasteiger partial charge in [-0.2, -0.15) is 0 Å². The van der Waals surface area contributed by atoms with Crippen molar-refractivity contribution in [3.8, 4) is 5.75 Å². The van der Waals surface area contributed by atoms with Crippen LogP contribution < -0.4 is 4.74 Å². The number of hydrogen-bond acceptors (Lipinski definition) is 4. The smallest absolute Gasteiger partial charge is 0.338 e. The van der Waals surface area contributed by atoms with Crippen molar-refractivity contribution < 1.29 is 19.1 Å². The molecule has 0 spiro atoms. The van der Waals surface area contributed by atoms with Crippen molar-refractivity contribution >= 4 is 11.9 Å². The van der Waals surface area contributed by atoms with E-state index in [1.54, 1.807) is 31.2 Å². The zero-order valence-electron chi connectivity index (χ0n) is 14.3. The predicted octanol–water partition coefficient (Wildman–Crippen LogP) is 4.30. The maximum atomic E-state index is 11.7. The van der Waals surface area contributed by atoms with E-state index < -0.39 is 18.0 Å². The van der Waals surface area contributed by atoms with Gasteiger partial charge in [0.05, 0.1) is 0 Å². The van der Waals surface area contributed by atoms with E-state index in [0.717, 1.165) is 22.8 Å². The van der Waals surface area contributed by atoms with Crippen LogP contribution in [0.15, 0.2) is 73.3 Å². The molecule has 0 saturated heterocycles. The molecule has 1 atom stereocenters. The number of esters is 2. The van der Waals surface area contributed by atoms with Gasteiger partial charge in [-0.3, -0.25) is 0 Å². The maximum absolute atomic E-state index is 11.7. The number of carbonyl (C=O) groups is 2. The molecule has 2 aromatic rings. The largest absolute Gasteiger partial charge is 0.449 e. The normalized spacial score (nSPS) is 11.3. The Bertz CT molecular complexity index is 786. The molecule has 0 N–H and O–H groups in total. The first-order valence-corrected chi connectivity index (χ1v) is 7.78. The summed E-state index contributed by atoms with van der Waals surface area (Å²) in [6, 6.07) is 14.5. The van der Waals surface area contributed by atoms with Crippen LogP contribution in [0.3, 0.4) is 0 Å². The van der Waals surface area contributed by atoms with Gasteiger partial charge in [-0.25, -0.2) is 9.59 Å². The lowest BCUT2D eigenvalue weighted by Gasteiger charge is -2.18. The average molecular weight is 336 g/mol. The van der Waals surface area contributed by atoms with Gasteiger partial charge in [-0.1, -0.05) is 55.1 Å². The Hall–Kier alpha value is -3.14. The van der Waals surface area contributed by atoms with E-state index >= 15 is 0 Å². The highest BCUT2D eigenvalue weighted by atomic mass is 16.5. The second-order valence-corrected chi connectivity index (χ2v) is 5.67. The third-order valence-electron chi connectivity index (χ3n) is 3.52. The Labute approximate surface area is 147 Å². The minimum atomic E-state index is -0.572. The number of rotatable bonds is 6. The zero-order valence-corrected chi connectivity index (χ0v) is 14.3. The van der Waals surface area contributed by atoms with E-state index in [-0.39, 0.29) is 0 Å². The third kappa shape index (κ3) is 4.91. The number of benzene rings is 2. The molecule has 0 bridgehead atoms. The molecule has 2 rings (SSSR count). The van der Waals surface area contributed by atoms with Crippen LogP contribution in [-0.2, 0) is 14.3 Å². The summed E-state index contributed by atoms with van der Waals surface area (Å²) in [7, 11) is 0. The average Bonchev–Trinajstić information content (AvgIpc) is 2.61. The molecule has 0 aliphatic carbocycles. The molecule has 0 aliphatic heterocycles. The summed E-state index contributed by atoms with van der Waals surface area (Å²) < 4.78 is 10.7. The summed E-state index contributed by atoms with van der Waals surface area (Å²) in [5.41, 5.74) is 3.03. The molecule has 0 aliphatic rings. The first-order valence-electron chi connectivity index (χ1n) is 7.78. The fraction of sp³-hybridized carbons (Fsp3) is 0.143. The Kier molecular flexibility index (Phi) is 5.90. The second kappa shape index (κ2) is 8.11. The van der Waals surface area contributed by atoms with Crippen molar-refractivity contribution in [2.45, 2.75) is 20.0 Å². The van der Waals surface area contributed by atoms with Gasteiger partial charge in [0, 0.05) is 11.6 Å². The van der Waals surface area contributed by atoms with Crippen LogP contribution in [0.2, 0.25) is 0 Å². The Morgan fingerprint density at radius 3 is 2.00 bits per heavy atom. The lowest BCUT2D eigenvalue weighted by Crippen LogP contribution is -2.11. The third-order valence-corrected chi connectivity index (χ3v) is 3.52. The minimum Gasteiger partial charge on any atom is -0.449 e. The van der Waals surface area contributed by atoms with Gasteiger partial charge < -0.3 is 9.47 Å². The van der Waals surface area contributed by atoms with Gasteiger partial charge in [0.1, 0.15) is 5.75 Å². The van der Waals surface area contributed by atoms with Crippen LogP contribution >= 0.6 is 0 Å². The highest BCUT2D eigenvalue weighted by Crippen LogP contribution is 2.28. The SMILES string of the molecule is C=CC(=O)OC(c1ccc(C)cc1)c1ccc(OC(=O)C(=C)C)cc1.